The maximum Gasteiger partial charge on any atom is 0.411 e. The van der Waals surface area contributed by atoms with Crippen LogP contribution >= 0.6 is 0 Å². The second-order valence-corrected chi connectivity index (χ2v) is 3.92. The highest BCUT2D eigenvalue weighted by Gasteiger charge is 2.03. The SMILES string of the molecule is CCOC(=O)Nc1ccc(NC(C)COC)cc1. The van der Waals surface area contributed by atoms with Crippen molar-refractivity contribution in [1.82, 2.24) is 0 Å². The van der Waals surface area contributed by atoms with Gasteiger partial charge in [0.2, 0.25) is 0 Å². The summed E-state index contributed by atoms with van der Waals surface area (Å²) in [4.78, 5) is 11.2. The van der Waals surface area contributed by atoms with Crippen LogP contribution in [-0.4, -0.2) is 32.5 Å². The van der Waals surface area contributed by atoms with Crippen molar-refractivity contribution in [3.8, 4) is 0 Å². The molecule has 0 fully saturated rings. The molecule has 100 valence electrons. The Morgan fingerprint density at radius 2 is 1.89 bits per heavy atom. The Hall–Kier alpha value is -1.75. The molecular formula is C13H20N2O3. The van der Waals surface area contributed by atoms with Gasteiger partial charge < -0.3 is 14.8 Å². The van der Waals surface area contributed by atoms with Gasteiger partial charge in [-0.05, 0) is 38.1 Å². The molecule has 0 aliphatic heterocycles. The van der Waals surface area contributed by atoms with E-state index in [-0.39, 0.29) is 6.04 Å². The summed E-state index contributed by atoms with van der Waals surface area (Å²) in [5, 5.41) is 5.91. The standard InChI is InChI=1S/C13H20N2O3/c1-4-18-13(16)15-12-7-5-11(6-8-12)14-10(2)9-17-3/h5-8,10,14H,4,9H2,1-3H3,(H,15,16). The Morgan fingerprint density at radius 1 is 1.28 bits per heavy atom. The summed E-state index contributed by atoms with van der Waals surface area (Å²) >= 11 is 0. The molecule has 1 aromatic carbocycles. The third-order valence-electron chi connectivity index (χ3n) is 2.24. The first kappa shape index (κ1) is 14.3. The van der Waals surface area contributed by atoms with E-state index in [0.717, 1.165) is 5.69 Å². The van der Waals surface area contributed by atoms with Crippen molar-refractivity contribution < 1.29 is 14.3 Å². The van der Waals surface area contributed by atoms with Gasteiger partial charge in [-0.1, -0.05) is 0 Å². The first-order chi connectivity index (χ1) is 8.65. The van der Waals surface area contributed by atoms with Gasteiger partial charge in [0.15, 0.2) is 0 Å². The van der Waals surface area contributed by atoms with Gasteiger partial charge in [-0.25, -0.2) is 4.79 Å². The summed E-state index contributed by atoms with van der Waals surface area (Å²) in [6, 6.07) is 7.66. The summed E-state index contributed by atoms with van der Waals surface area (Å²) in [6.45, 7) is 4.81. The van der Waals surface area contributed by atoms with Crippen molar-refractivity contribution in [3.63, 3.8) is 0 Å². The predicted molar refractivity (Wildman–Crippen MR) is 72.0 cm³/mol. The number of hydrogen-bond donors (Lipinski definition) is 2. The lowest BCUT2D eigenvalue weighted by molar-refractivity contribution is 0.168. The maximum atomic E-state index is 11.2. The van der Waals surface area contributed by atoms with Gasteiger partial charge in [-0.15, -0.1) is 0 Å². The number of rotatable bonds is 6. The number of methoxy groups -OCH3 is 1. The summed E-state index contributed by atoms with van der Waals surface area (Å²) in [7, 11) is 1.67. The number of benzene rings is 1. The summed E-state index contributed by atoms with van der Waals surface area (Å²) in [6.07, 6.45) is -0.439. The van der Waals surface area contributed by atoms with E-state index in [0.29, 0.717) is 18.9 Å². The molecule has 5 nitrogen and oxygen atoms in total. The zero-order valence-corrected chi connectivity index (χ0v) is 11.0. The molecule has 0 aliphatic carbocycles. The zero-order valence-electron chi connectivity index (χ0n) is 11.0. The summed E-state index contributed by atoms with van der Waals surface area (Å²) in [5.41, 5.74) is 1.69. The lowest BCUT2D eigenvalue weighted by Gasteiger charge is -2.14. The number of amides is 1. The molecule has 1 amide bonds. The molecule has 0 aliphatic rings. The minimum absolute atomic E-state index is 0.235. The van der Waals surface area contributed by atoms with Crippen LogP contribution in [0, 0.1) is 0 Å². The Morgan fingerprint density at radius 3 is 2.44 bits per heavy atom. The van der Waals surface area contributed by atoms with Crippen LogP contribution in [-0.2, 0) is 9.47 Å². The largest absolute Gasteiger partial charge is 0.450 e. The lowest BCUT2D eigenvalue weighted by Crippen LogP contribution is -2.20. The highest BCUT2D eigenvalue weighted by atomic mass is 16.5. The number of hydrogen-bond acceptors (Lipinski definition) is 4. The topological polar surface area (TPSA) is 59.6 Å². The molecule has 0 heterocycles. The van der Waals surface area contributed by atoms with Crippen molar-refractivity contribution in [2.75, 3.05) is 31.0 Å². The highest BCUT2D eigenvalue weighted by Crippen LogP contribution is 2.14. The molecule has 2 N–H and O–H groups in total. The van der Waals surface area contributed by atoms with Gasteiger partial charge in [0.1, 0.15) is 0 Å². The van der Waals surface area contributed by atoms with E-state index >= 15 is 0 Å². The first-order valence-electron chi connectivity index (χ1n) is 5.95. The van der Waals surface area contributed by atoms with Crippen molar-refractivity contribution in [2.24, 2.45) is 0 Å². The van der Waals surface area contributed by atoms with E-state index in [9.17, 15) is 4.79 Å². The van der Waals surface area contributed by atoms with E-state index in [1.54, 1.807) is 14.0 Å². The average molecular weight is 252 g/mol. The fourth-order valence-electron chi connectivity index (χ4n) is 1.51. The Balaban J connectivity index is 2.49. The van der Waals surface area contributed by atoms with Crippen LogP contribution in [0.15, 0.2) is 24.3 Å². The van der Waals surface area contributed by atoms with E-state index in [1.807, 2.05) is 31.2 Å². The normalized spacial score (nSPS) is 11.7. The number of nitrogens with one attached hydrogen (secondary N) is 2. The lowest BCUT2D eigenvalue weighted by atomic mass is 10.2. The highest BCUT2D eigenvalue weighted by molar-refractivity contribution is 5.84. The van der Waals surface area contributed by atoms with E-state index in [2.05, 4.69) is 10.6 Å². The van der Waals surface area contributed by atoms with Crippen molar-refractivity contribution >= 4 is 17.5 Å². The Labute approximate surface area is 107 Å². The molecule has 1 aromatic rings. The molecule has 0 spiro atoms. The molecule has 5 heteroatoms. The molecule has 1 rings (SSSR count). The molecule has 1 atom stereocenters. The molecule has 0 saturated heterocycles. The smallest absolute Gasteiger partial charge is 0.411 e. The number of anilines is 2. The minimum Gasteiger partial charge on any atom is -0.450 e. The van der Waals surface area contributed by atoms with E-state index in [1.165, 1.54) is 0 Å². The summed E-state index contributed by atoms with van der Waals surface area (Å²) < 4.78 is 9.83. The Kier molecular flexibility index (Phi) is 6.00. The summed E-state index contributed by atoms with van der Waals surface area (Å²) in [5.74, 6) is 0. The van der Waals surface area contributed by atoms with E-state index in [4.69, 9.17) is 9.47 Å². The predicted octanol–water partition coefficient (Wildman–Crippen LogP) is 2.70. The van der Waals surface area contributed by atoms with Crippen LogP contribution in [0.2, 0.25) is 0 Å². The number of ether oxygens (including phenoxy) is 2. The molecular weight excluding hydrogens is 232 g/mol. The van der Waals surface area contributed by atoms with Crippen LogP contribution in [0.1, 0.15) is 13.8 Å². The average Bonchev–Trinajstić information content (AvgIpc) is 2.32. The monoisotopic (exact) mass is 252 g/mol. The van der Waals surface area contributed by atoms with Gasteiger partial charge in [-0.2, -0.15) is 0 Å². The van der Waals surface area contributed by atoms with Crippen LogP contribution in [0.25, 0.3) is 0 Å². The second-order valence-electron chi connectivity index (χ2n) is 3.92. The van der Waals surface area contributed by atoms with Gasteiger partial charge in [0, 0.05) is 24.5 Å². The van der Waals surface area contributed by atoms with Crippen molar-refractivity contribution in [1.29, 1.82) is 0 Å². The van der Waals surface area contributed by atoms with E-state index < -0.39 is 6.09 Å². The Bertz CT molecular complexity index is 365. The molecule has 0 aromatic heterocycles. The van der Waals surface area contributed by atoms with Gasteiger partial charge in [0.25, 0.3) is 0 Å². The minimum atomic E-state index is -0.439. The van der Waals surface area contributed by atoms with Gasteiger partial charge in [0.05, 0.1) is 13.2 Å². The van der Waals surface area contributed by atoms with Gasteiger partial charge >= 0.3 is 6.09 Å². The fourth-order valence-corrected chi connectivity index (χ4v) is 1.51. The molecule has 18 heavy (non-hydrogen) atoms. The maximum absolute atomic E-state index is 11.2. The molecule has 0 bridgehead atoms. The first-order valence-corrected chi connectivity index (χ1v) is 5.95. The zero-order chi connectivity index (χ0) is 13.4. The van der Waals surface area contributed by atoms with Crippen LogP contribution in [0.4, 0.5) is 16.2 Å². The molecule has 1 unspecified atom stereocenters. The third-order valence-corrected chi connectivity index (χ3v) is 2.24. The molecule has 0 saturated carbocycles. The van der Waals surface area contributed by atoms with Crippen LogP contribution < -0.4 is 10.6 Å². The fraction of sp³-hybridized carbons (Fsp3) is 0.462. The van der Waals surface area contributed by atoms with Crippen LogP contribution in [0.5, 0.6) is 0 Å². The van der Waals surface area contributed by atoms with Crippen molar-refractivity contribution in [2.45, 2.75) is 19.9 Å². The molecule has 0 radical (unpaired) electrons. The van der Waals surface area contributed by atoms with Crippen molar-refractivity contribution in [3.05, 3.63) is 24.3 Å². The number of carbonyl (C=O) groups is 1. The van der Waals surface area contributed by atoms with Crippen LogP contribution in [0.3, 0.4) is 0 Å². The quantitative estimate of drug-likeness (QED) is 0.817. The third kappa shape index (κ3) is 5.05. The van der Waals surface area contributed by atoms with Gasteiger partial charge in [-0.3, -0.25) is 5.32 Å². The number of carbonyl (C=O) groups excluding carboxylic acids is 1. The second kappa shape index (κ2) is 7.55.